The molecule has 1 aromatic heterocycles. The molecule has 0 aliphatic carbocycles. The summed E-state index contributed by atoms with van der Waals surface area (Å²) >= 11 is 1.36. The number of ether oxygens (including phenoxy) is 2. The van der Waals surface area contributed by atoms with Gasteiger partial charge in [0.05, 0.1) is 37.3 Å². The zero-order valence-corrected chi connectivity index (χ0v) is 20.9. The molecule has 3 N–H and O–H groups in total. The van der Waals surface area contributed by atoms with Crippen molar-refractivity contribution in [2.24, 2.45) is 10.7 Å². The Balaban J connectivity index is 2.01. The van der Waals surface area contributed by atoms with Crippen molar-refractivity contribution in [3.63, 3.8) is 0 Å². The topological polar surface area (TPSA) is 99.1 Å². The van der Waals surface area contributed by atoms with Crippen LogP contribution in [0.2, 0.25) is 0 Å². The fourth-order valence-corrected chi connectivity index (χ4v) is 4.62. The first-order chi connectivity index (χ1) is 16.4. The Kier molecular flexibility index (Phi) is 8.79. The lowest BCUT2D eigenvalue weighted by molar-refractivity contribution is -0.127. The van der Waals surface area contributed by atoms with Gasteiger partial charge in [0.2, 0.25) is 0 Å². The number of thiazole rings is 1. The van der Waals surface area contributed by atoms with E-state index in [4.69, 9.17) is 20.3 Å². The van der Waals surface area contributed by atoms with Gasteiger partial charge in [0.25, 0.3) is 5.91 Å². The first-order valence-electron chi connectivity index (χ1n) is 11.5. The minimum atomic E-state index is -4.43. The molecule has 1 fully saturated rings. The first-order valence-corrected chi connectivity index (χ1v) is 12.3. The molecule has 0 radical (unpaired) electrons. The maximum absolute atomic E-state index is 13.3. The summed E-state index contributed by atoms with van der Waals surface area (Å²) in [7, 11) is 0. The first kappa shape index (κ1) is 27.4. The molecule has 1 aliphatic rings. The summed E-state index contributed by atoms with van der Waals surface area (Å²) in [5.74, 6) is -0.656. The van der Waals surface area contributed by atoms with Crippen molar-refractivity contribution >= 4 is 17.2 Å². The monoisotopic (exact) mass is 515 g/mol. The molecule has 3 rings (SSSR count). The Labute approximate surface area is 206 Å². The van der Waals surface area contributed by atoms with Gasteiger partial charge in [-0.15, -0.1) is 11.3 Å². The van der Waals surface area contributed by atoms with Gasteiger partial charge in [-0.25, -0.2) is 0 Å². The molecule has 1 aliphatic heterocycles. The van der Waals surface area contributed by atoms with E-state index in [0.717, 1.165) is 23.8 Å². The highest BCUT2D eigenvalue weighted by Gasteiger charge is 2.29. The van der Waals surface area contributed by atoms with E-state index in [0.29, 0.717) is 18.0 Å². The van der Waals surface area contributed by atoms with E-state index >= 15 is 0 Å². The van der Waals surface area contributed by atoms with Gasteiger partial charge in [-0.1, -0.05) is 26.8 Å². The van der Waals surface area contributed by atoms with Gasteiger partial charge in [0, 0.05) is 17.7 Å². The molecule has 2 heterocycles. The van der Waals surface area contributed by atoms with Crippen molar-refractivity contribution in [3.8, 4) is 5.75 Å². The number of hydrogen-bond acceptors (Lipinski definition) is 6. The number of benzene rings is 1. The van der Waals surface area contributed by atoms with Gasteiger partial charge in [0.15, 0.2) is 4.80 Å². The summed E-state index contributed by atoms with van der Waals surface area (Å²) in [5.41, 5.74) is 5.33. The highest BCUT2D eigenvalue weighted by atomic mass is 32.1. The number of rotatable bonds is 8. The average Bonchev–Trinajstić information content (AvgIpc) is 3.41. The minimum Gasteiger partial charge on any atom is -0.491 e. The van der Waals surface area contributed by atoms with Gasteiger partial charge < -0.3 is 24.9 Å². The number of aromatic nitrogens is 1. The zero-order chi connectivity index (χ0) is 25.8. The second kappa shape index (κ2) is 11.2. The van der Waals surface area contributed by atoms with Gasteiger partial charge in [-0.05, 0) is 36.0 Å². The smallest absolute Gasteiger partial charge is 0.393 e. The molecule has 0 bridgehead atoms. The predicted molar refractivity (Wildman–Crippen MR) is 127 cm³/mol. The van der Waals surface area contributed by atoms with Crippen LogP contribution in [0.5, 0.6) is 5.75 Å². The molecule has 11 heteroatoms. The molecular weight excluding hydrogens is 483 g/mol. The van der Waals surface area contributed by atoms with Crippen LogP contribution in [0.3, 0.4) is 0 Å². The molecule has 0 unspecified atom stereocenters. The normalized spacial score (nSPS) is 18.2. The van der Waals surface area contributed by atoms with Gasteiger partial charge >= 0.3 is 6.18 Å². The largest absolute Gasteiger partial charge is 0.491 e. The Morgan fingerprint density at radius 3 is 2.71 bits per heavy atom. The SMILES string of the molecule is CC(C)(C)c1cn(C[C@H]2CCCO2)/c(=N/C(=O)c2cc(CC(F)(F)F)ccc2OC[C@H](N)CO)s1. The van der Waals surface area contributed by atoms with Crippen molar-refractivity contribution in [3.05, 3.63) is 45.2 Å². The summed E-state index contributed by atoms with van der Waals surface area (Å²) in [5, 5.41) is 9.15. The Morgan fingerprint density at radius 2 is 2.11 bits per heavy atom. The van der Waals surface area contributed by atoms with Gasteiger partial charge in [0.1, 0.15) is 12.4 Å². The van der Waals surface area contributed by atoms with Crippen LogP contribution in [0.1, 0.15) is 54.4 Å². The van der Waals surface area contributed by atoms with Gasteiger partial charge in [-0.3, -0.25) is 4.79 Å². The number of hydrogen-bond donors (Lipinski definition) is 2. The van der Waals surface area contributed by atoms with Crippen molar-refractivity contribution in [1.29, 1.82) is 0 Å². The lowest BCUT2D eigenvalue weighted by Gasteiger charge is -2.15. The van der Waals surface area contributed by atoms with Crippen LogP contribution >= 0.6 is 11.3 Å². The molecule has 1 saturated heterocycles. The average molecular weight is 516 g/mol. The van der Waals surface area contributed by atoms with E-state index in [2.05, 4.69) is 25.8 Å². The number of nitrogens with two attached hydrogens (primary N) is 1. The van der Waals surface area contributed by atoms with Crippen molar-refractivity contribution in [1.82, 2.24) is 4.57 Å². The predicted octanol–water partition coefficient (Wildman–Crippen LogP) is 3.57. The molecule has 35 heavy (non-hydrogen) atoms. The van der Waals surface area contributed by atoms with E-state index in [9.17, 15) is 18.0 Å². The number of aliphatic hydroxyl groups is 1. The number of carbonyl (C=O) groups is 1. The van der Waals surface area contributed by atoms with E-state index in [1.807, 2.05) is 10.8 Å². The maximum Gasteiger partial charge on any atom is 0.393 e. The van der Waals surface area contributed by atoms with E-state index in [-0.39, 0.29) is 41.6 Å². The summed E-state index contributed by atoms with van der Waals surface area (Å²) in [6.45, 7) is 6.93. The number of alkyl halides is 3. The lowest BCUT2D eigenvalue weighted by Crippen LogP contribution is -2.31. The van der Waals surface area contributed by atoms with Crippen molar-refractivity contribution in [2.75, 3.05) is 19.8 Å². The molecule has 2 aromatic rings. The lowest BCUT2D eigenvalue weighted by atomic mass is 9.95. The third kappa shape index (κ3) is 7.89. The van der Waals surface area contributed by atoms with E-state index < -0.39 is 24.5 Å². The molecular formula is C24H32F3N3O4S. The van der Waals surface area contributed by atoms with Crippen LogP contribution < -0.4 is 15.3 Å². The standard InChI is InChI=1S/C24H32F3N3O4S/c1-23(2,3)20-12-30(11-17-5-4-8-33-17)22(35-20)29-21(32)18-9-15(10-24(25,26)27)6-7-19(18)34-14-16(28)13-31/h6-7,9,12,16-17,31H,4-5,8,10-11,13-14,28H2,1-3H3/b29-22-/t16-,17-/m1/s1. The molecule has 0 saturated carbocycles. The number of amides is 1. The van der Waals surface area contributed by atoms with Crippen LogP contribution in [0.25, 0.3) is 0 Å². The fraction of sp³-hybridized carbons (Fsp3) is 0.583. The summed E-state index contributed by atoms with van der Waals surface area (Å²) in [6.07, 6.45) is -1.77. The summed E-state index contributed by atoms with van der Waals surface area (Å²) < 4.78 is 52.1. The molecule has 1 aromatic carbocycles. The third-order valence-corrected chi connectivity index (χ3v) is 6.89. The Bertz CT molecular complexity index is 1080. The van der Waals surface area contributed by atoms with Crippen LogP contribution in [0.15, 0.2) is 29.4 Å². The zero-order valence-electron chi connectivity index (χ0n) is 20.1. The Morgan fingerprint density at radius 1 is 1.37 bits per heavy atom. The van der Waals surface area contributed by atoms with E-state index in [1.165, 1.54) is 23.5 Å². The number of halogens is 3. The quantitative estimate of drug-likeness (QED) is 0.560. The van der Waals surface area contributed by atoms with Gasteiger partial charge in [-0.2, -0.15) is 18.2 Å². The molecule has 194 valence electrons. The highest BCUT2D eigenvalue weighted by molar-refractivity contribution is 7.09. The highest BCUT2D eigenvalue weighted by Crippen LogP contribution is 2.28. The second-order valence-corrected chi connectivity index (χ2v) is 10.7. The molecule has 7 nitrogen and oxygen atoms in total. The molecule has 0 spiro atoms. The van der Waals surface area contributed by atoms with E-state index in [1.54, 1.807) is 0 Å². The minimum absolute atomic E-state index is 0.0143. The van der Waals surface area contributed by atoms with Crippen LogP contribution in [0, 0.1) is 0 Å². The number of nitrogens with zero attached hydrogens (tertiary/aromatic N) is 2. The van der Waals surface area contributed by atoms with Crippen LogP contribution in [0.4, 0.5) is 13.2 Å². The summed E-state index contributed by atoms with van der Waals surface area (Å²) in [4.78, 5) is 19.0. The van der Waals surface area contributed by atoms with Crippen molar-refractivity contribution in [2.45, 2.75) is 70.3 Å². The third-order valence-electron chi connectivity index (χ3n) is 5.45. The fourth-order valence-electron chi connectivity index (χ4n) is 3.56. The Hall–Kier alpha value is -2.21. The second-order valence-electron chi connectivity index (χ2n) is 9.71. The number of carbonyl (C=O) groups excluding carboxylic acids is 1. The summed E-state index contributed by atoms with van der Waals surface area (Å²) in [6, 6.07) is 3.01. The number of aliphatic hydroxyl groups excluding tert-OH is 1. The maximum atomic E-state index is 13.3. The van der Waals surface area contributed by atoms with Crippen LogP contribution in [-0.2, 0) is 23.1 Å². The molecule has 2 atom stereocenters. The van der Waals surface area contributed by atoms with Crippen LogP contribution in [-0.4, -0.2) is 53.7 Å². The van der Waals surface area contributed by atoms with Crippen molar-refractivity contribution < 1.29 is 32.5 Å². The molecule has 1 amide bonds.